The number of aromatic nitrogens is 3. The van der Waals surface area contributed by atoms with Crippen molar-refractivity contribution in [2.75, 3.05) is 23.7 Å². The molecule has 3 rings (SSSR count). The number of hydrogen-bond donors (Lipinski definition) is 3. The van der Waals surface area contributed by atoms with Gasteiger partial charge in [0.25, 0.3) is 0 Å². The molecule has 1 aromatic carbocycles. The summed E-state index contributed by atoms with van der Waals surface area (Å²) in [5, 5.41) is 12.9. The molecule has 0 saturated carbocycles. The zero-order chi connectivity index (χ0) is 16.6. The predicted octanol–water partition coefficient (Wildman–Crippen LogP) is 2.50. The summed E-state index contributed by atoms with van der Waals surface area (Å²) in [5.41, 5.74) is 0.936. The third-order valence-corrected chi connectivity index (χ3v) is 3.23. The van der Waals surface area contributed by atoms with E-state index in [0.717, 1.165) is 11.5 Å². The molecule has 3 aromatic rings. The maximum Gasteiger partial charge on any atom is 0.320 e. The van der Waals surface area contributed by atoms with E-state index >= 15 is 0 Å². The molecule has 7 nitrogen and oxygen atoms in total. The van der Waals surface area contributed by atoms with Gasteiger partial charge in [-0.15, -0.1) is 5.10 Å². The van der Waals surface area contributed by atoms with Gasteiger partial charge in [0.2, 0.25) is 0 Å². The summed E-state index contributed by atoms with van der Waals surface area (Å²) >= 11 is 0. The molecular formula is C17H18N6O. The van der Waals surface area contributed by atoms with Crippen molar-refractivity contribution in [2.45, 2.75) is 0 Å². The van der Waals surface area contributed by atoms with E-state index in [1.807, 2.05) is 48.5 Å². The van der Waals surface area contributed by atoms with Crippen LogP contribution >= 0.6 is 0 Å². The first kappa shape index (κ1) is 15.5. The lowest BCUT2D eigenvalue weighted by Gasteiger charge is -2.07. The number of pyridine rings is 1. The van der Waals surface area contributed by atoms with Crippen LogP contribution in [0.1, 0.15) is 0 Å². The van der Waals surface area contributed by atoms with Crippen molar-refractivity contribution in [1.82, 2.24) is 20.1 Å². The number of hydrogen-bond acceptors (Lipinski definition) is 4. The number of carbonyl (C=O) groups is 1. The molecule has 0 saturated heterocycles. The first-order valence-electron chi connectivity index (χ1n) is 7.62. The Morgan fingerprint density at radius 1 is 0.958 bits per heavy atom. The highest BCUT2D eigenvalue weighted by Gasteiger charge is 2.05. The maximum atomic E-state index is 11.9. The van der Waals surface area contributed by atoms with E-state index in [1.165, 1.54) is 0 Å². The number of rotatable bonds is 6. The Balaban J connectivity index is 1.43. The molecule has 122 valence electrons. The molecule has 0 radical (unpaired) electrons. The lowest BCUT2D eigenvalue weighted by atomic mass is 10.3. The molecule has 0 atom stereocenters. The molecule has 0 aliphatic heterocycles. The van der Waals surface area contributed by atoms with Gasteiger partial charge in [-0.25, -0.2) is 14.5 Å². The van der Waals surface area contributed by atoms with E-state index in [0.29, 0.717) is 18.9 Å². The minimum Gasteiger partial charge on any atom is -0.368 e. The van der Waals surface area contributed by atoms with Gasteiger partial charge in [-0.05, 0) is 24.3 Å². The summed E-state index contributed by atoms with van der Waals surface area (Å²) in [6.07, 6.45) is 3.51. The fraction of sp³-hybridized carbons (Fsp3) is 0.118. The van der Waals surface area contributed by atoms with Crippen LogP contribution in [0.25, 0.3) is 5.69 Å². The molecule has 2 aromatic heterocycles. The molecule has 2 amide bonds. The quantitative estimate of drug-likeness (QED) is 0.609. The van der Waals surface area contributed by atoms with Gasteiger partial charge in [-0.3, -0.25) is 5.32 Å². The molecule has 24 heavy (non-hydrogen) atoms. The number of anilines is 2. The summed E-state index contributed by atoms with van der Waals surface area (Å²) in [5.74, 6) is 1.27. The third kappa shape index (κ3) is 4.33. The molecule has 0 unspecified atom stereocenters. The van der Waals surface area contributed by atoms with E-state index in [1.54, 1.807) is 23.1 Å². The van der Waals surface area contributed by atoms with E-state index in [2.05, 4.69) is 26.0 Å². The van der Waals surface area contributed by atoms with Gasteiger partial charge < -0.3 is 10.6 Å². The van der Waals surface area contributed by atoms with Crippen LogP contribution in [0.5, 0.6) is 0 Å². The Morgan fingerprint density at radius 2 is 1.79 bits per heavy atom. The highest BCUT2D eigenvalue weighted by Crippen LogP contribution is 2.09. The summed E-state index contributed by atoms with van der Waals surface area (Å²) in [4.78, 5) is 16.0. The Morgan fingerprint density at radius 3 is 2.58 bits per heavy atom. The summed E-state index contributed by atoms with van der Waals surface area (Å²) in [6, 6.07) is 16.8. The fourth-order valence-electron chi connectivity index (χ4n) is 2.11. The zero-order valence-electron chi connectivity index (χ0n) is 13.0. The van der Waals surface area contributed by atoms with E-state index in [9.17, 15) is 4.79 Å². The average molecular weight is 322 g/mol. The van der Waals surface area contributed by atoms with Crippen LogP contribution in [0.4, 0.5) is 16.4 Å². The van der Waals surface area contributed by atoms with Gasteiger partial charge >= 0.3 is 6.03 Å². The second-order valence-corrected chi connectivity index (χ2v) is 5.00. The first-order valence-corrected chi connectivity index (χ1v) is 7.62. The van der Waals surface area contributed by atoms with Crippen molar-refractivity contribution in [3.05, 3.63) is 67.0 Å². The smallest absolute Gasteiger partial charge is 0.320 e. The van der Waals surface area contributed by atoms with E-state index in [-0.39, 0.29) is 6.03 Å². The number of carbonyl (C=O) groups excluding carboxylic acids is 1. The molecular weight excluding hydrogens is 304 g/mol. The van der Waals surface area contributed by atoms with E-state index < -0.39 is 0 Å². The van der Waals surface area contributed by atoms with Crippen LogP contribution in [-0.2, 0) is 0 Å². The van der Waals surface area contributed by atoms with Gasteiger partial charge in [-0.1, -0.05) is 24.3 Å². The normalized spacial score (nSPS) is 10.2. The molecule has 0 spiro atoms. The van der Waals surface area contributed by atoms with Crippen LogP contribution in [0.2, 0.25) is 0 Å². The number of amides is 2. The molecule has 0 bridgehead atoms. The van der Waals surface area contributed by atoms with Gasteiger partial charge in [0.15, 0.2) is 5.82 Å². The van der Waals surface area contributed by atoms with E-state index in [4.69, 9.17) is 0 Å². The second kappa shape index (κ2) is 7.77. The SMILES string of the molecule is O=C(NCCNc1ccccn1)Nc1ccn(-c2ccccc2)n1. The topological polar surface area (TPSA) is 83.9 Å². The van der Waals surface area contributed by atoms with Crippen molar-refractivity contribution in [2.24, 2.45) is 0 Å². The van der Waals surface area contributed by atoms with Crippen LogP contribution in [-0.4, -0.2) is 33.9 Å². The molecule has 0 aliphatic carbocycles. The summed E-state index contributed by atoms with van der Waals surface area (Å²) < 4.78 is 1.71. The van der Waals surface area contributed by atoms with Gasteiger partial charge in [0, 0.05) is 31.5 Å². The van der Waals surface area contributed by atoms with Crippen molar-refractivity contribution in [1.29, 1.82) is 0 Å². The van der Waals surface area contributed by atoms with Gasteiger partial charge in [-0.2, -0.15) is 0 Å². The fourth-order valence-corrected chi connectivity index (χ4v) is 2.11. The molecule has 2 heterocycles. The molecule has 0 fully saturated rings. The highest BCUT2D eigenvalue weighted by molar-refractivity contribution is 5.88. The largest absolute Gasteiger partial charge is 0.368 e. The minimum absolute atomic E-state index is 0.295. The van der Waals surface area contributed by atoms with Crippen molar-refractivity contribution in [3.8, 4) is 5.69 Å². The Kier molecular flexibility index (Phi) is 5.03. The zero-order valence-corrected chi connectivity index (χ0v) is 13.0. The van der Waals surface area contributed by atoms with Gasteiger partial charge in [0.05, 0.1) is 5.69 Å². The van der Waals surface area contributed by atoms with Crippen LogP contribution < -0.4 is 16.0 Å². The monoisotopic (exact) mass is 322 g/mol. The van der Waals surface area contributed by atoms with Crippen molar-refractivity contribution < 1.29 is 4.79 Å². The summed E-state index contributed by atoms with van der Waals surface area (Å²) in [7, 11) is 0. The van der Waals surface area contributed by atoms with Crippen LogP contribution in [0.15, 0.2) is 67.0 Å². The minimum atomic E-state index is -0.295. The predicted molar refractivity (Wildman–Crippen MR) is 93.3 cm³/mol. The Bertz CT molecular complexity index is 772. The van der Waals surface area contributed by atoms with Crippen molar-refractivity contribution >= 4 is 17.7 Å². The summed E-state index contributed by atoms with van der Waals surface area (Å²) in [6.45, 7) is 1.06. The third-order valence-electron chi connectivity index (χ3n) is 3.23. The Labute approximate surface area is 139 Å². The number of urea groups is 1. The number of nitrogens with one attached hydrogen (secondary N) is 3. The number of nitrogens with zero attached hydrogens (tertiary/aromatic N) is 3. The number of benzene rings is 1. The number of para-hydroxylation sites is 1. The first-order chi connectivity index (χ1) is 11.8. The maximum absolute atomic E-state index is 11.9. The lowest BCUT2D eigenvalue weighted by Crippen LogP contribution is -2.32. The molecule has 7 heteroatoms. The Hall–Kier alpha value is -3.35. The second-order valence-electron chi connectivity index (χ2n) is 5.00. The lowest BCUT2D eigenvalue weighted by molar-refractivity contribution is 0.252. The van der Waals surface area contributed by atoms with Gasteiger partial charge in [0.1, 0.15) is 5.82 Å². The standard InChI is InChI=1S/C17H18N6O/c24-17(20-12-11-19-15-8-4-5-10-18-15)21-16-9-13-23(22-16)14-6-2-1-3-7-14/h1-10,13H,11-12H2,(H,18,19)(H2,20,21,22,24). The molecule has 3 N–H and O–H groups in total. The average Bonchev–Trinajstić information content (AvgIpc) is 3.09. The molecule has 0 aliphatic rings. The van der Waals surface area contributed by atoms with Crippen molar-refractivity contribution in [3.63, 3.8) is 0 Å². The van der Waals surface area contributed by atoms with Crippen LogP contribution in [0.3, 0.4) is 0 Å². The van der Waals surface area contributed by atoms with Crippen LogP contribution in [0, 0.1) is 0 Å². The highest BCUT2D eigenvalue weighted by atomic mass is 16.2.